The topological polar surface area (TPSA) is 52.0 Å². The molecule has 2 aromatic rings. The van der Waals surface area contributed by atoms with Crippen LogP contribution in [0.2, 0.25) is 0 Å². The van der Waals surface area contributed by atoms with E-state index in [9.17, 15) is 4.39 Å². The maximum Gasteiger partial charge on any atom is 0.195 e. The molecule has 4 heteroatoms. The van der Waals surface area contributed by atoms with Crippen molar-refractivity contribution in [3.05, 3.63) is 42.2 Å². The van der Waals surface area contributed by atoms with E-state index in [1.54, 1.807) is 18.4 Å². The van der Waals surface area contributed by atoms with Gasteiger partial charge in [0, 0.05) is 18.5 Å². The largest absolute Gasteiger partial charge is 0.448 e. The summed E-state index contributed by atoms with van der Waals surface area (Å²) in [7, 11) is 0. The van der Waals surface area contributed by atoms with E-state index in [1.165, 1.54) is 12.1 Å². The minimum absolute atomic E-state index is 0.260. The first-order chi connectivity index (χ1) is 7.29. The predicted octanol–water partition coefficient (Wildman–Crippen LogP) is 1.98. The average molecular weight is 206 g/mol. The Hall–Kier alpha value is -1.68. The summed E-state index contributed by atoms with van der Waals surface area (Å²) < 4.78 is 17.9. The fourth-order valence-electron chi connectivity index (χ4n) is 1.30. The van der Waals surface area contributed by atoms with E-state index in [4.69, 9.17) is 10.2 Å². The van der Waals surface area contributed by atoms with Crippen LogP contribution in [-0.2, 0) is 6.42 Å². The van der Waals surface area contributed by atoms with Crippen molar-refractivity contribution in [1.29, 1.82) is 0 Å². The first kappa shape index (κ1) is 9.86. The van der Waals surface area contributed by atoms with E-state index in [-0.39, 0.29) is 5.82 Å². The van der Waals surface area contributed by atoms with E-state index in [0.29, 0.717) is 24.6 Å². The molecule has 0 spiro atoms. The quantitative estimate of drug-likeness (QED) is 0.835. The summed E-state index contributed by atoms with van der Waals surface area (Å²) in [6.07, 6.45) is 2.17. The molecule has 78 valence electrons. The molecule has 2 rings (SSSR count). The first-order valence-corrected chi connectivity index (χ1v) is 4.70. The van der Waals surface area contributed by atoms with Crippen LogP contribution in [0.4, 0.5) is 4.39 Å². The molecule has 0 aliphatic heterocycles. The summed E-state index contributed by atoms with van der Waals surface area (Å²) >= 11 is 0. The molecule has 0 unspecified atom stereocenters. The number of benzene rings is 1. The number of rotatable bonds is 3. The third kappa shape index (κ3) is 2.22. The lowest BCUT2D eigenvalue weighted by atomic mass is 10.2. The summed E-state index contributed by atoms with van der Waals surface area (Å²) in [6.45, 7) is 0.503. The summed E-state index contributed by atoms with van der Waals surface area (Å²) in [6, 6.07) is 6.12. The van der Waals surface area contributed by atoms with Gasteiger partial charge < -0.3 is 10.2 Å². The van der Waals surface area contributed by atoms with Gasteiger partial charge in [0.2, 0.25) is 0 Å². The Morgan fingerprint density at radius 1 is 1.27 bits per heavy atom. The highest BCUT2D eigenvalue weighted by Crippen LogP contribution is 2.18. The van der Waals surface area contributed by atoms with Crippen LogP contribution in [0, 0.1) is 5.82 Å². The number of nitrogens with two attached hydrogens (primary N) is 1. The van der Waals surface area contributed by atoms with Crippen molar-refractivity contribution in [2.75, 3.05) is 6.54 Å². The number of halogens is 1. The van der Waals surface area contributed by atoms with Gasteiger partial charge in [-0.15, -0.1) is 0 Å². The molecule has 0 saturated carbocycles. The van der Waals surface area contributed by atoms with Crippen molar-refractivity contribution in [2.24, 2.45) is 5.73 Å². The molecule has 0 radical (unpaired) electrons. The van der Waals surface area contributed by atoms with Crippen molar-refractivity contribution >= 4 is 0 Å². The van der Waals surface area contributed by atoms with Crippen molar-refractivity contribution in [1.82, 2.24) is 4.98 Å². The normalized spacial score (nSPS) is 10.5. The number of hydrogen-bond donors (Lipinski definition) is 1. The van der Waals surface area contributed by atoms with Crippen molar-refractivity contribution in [3.63, 3.8) is 0 Å². The first-order valence-electron chi connectivity index (χ1n) is 4.70. The molecule has 3 nitrogen and oxygen atoms in total. The molecule has 0 saturated heterocycles. The van der Waals surface area contributed by atoms with Crippen LogP contribution < -0.4 is 5.73 Å². The maximum absolute atomic E-state index is 12.7. The Bertz CT molecular complexity index is 436. The Morgan fingerprint density at radius 3 is 2.67 bits per heavy atom. The summed E-state index contributed by atoms with van der Waals surface area (Å²) in [4.78, 5) is 4.23. The van der Waals surface area contributed by atoms with Gasteiger partial charge in [-0.05, 0) is 24.3 Å². The second-order valence-corrected chi connectivity index (χ2v) is 3.17. The minimum Gasteiger partial charge on any atom is -0.448 e. The van der Waals surface area contributed by atoms with Crippen LogP contribution in [0.25, 0.3) is 11.3 Å². The molecule has 0 amide bonds. The van der Waals surface area contributed by atoms with Gasteiger partial charge in [0.1, 0.15) is 17.8 Å². The Labute approximate surface area is 86.7 Å². The lowest BCUT2D eigenvalue weighted by Gasteiger charge is -1.94. The third-order valence-corrected chi connectivity index (χ3v) is 2.05. The van der Waals surface area contributed by atoms with Crippen molar-refractivity contribution in [2.45, 2.75) is 6.42 Å². The van der Waals surface area contributed by atoms with Gasteiger partial charge in [-0.3, -0.25) is 0 Å². The zero-order valence-corrected chi connectivity index (χ0v) is 8.11. The van der Waals surface area contributed by atoms with E-state index in [1.807, 2.05) is 0 Å². The smallest absolute Gasteiger partial charge is 0.195 e. The monoisotopic (exact) mass is 206 g/mol. The van der Waals surface area contributed by atoms with Gasteiger partial charge in [0.05, 0.1) is 0 Å². The molecular formula is C11H11FN2O. The van der Waals surface area contributed by atoms with Crippen LogP contribution in [-0.4, -0.2) is 11.5 Å². The van der Waals surface area contributed by atoms with Gasteiger partial charge in [-0.2, -0.15) is 0 Å². The SMILES string of the molecule is NCCc1nc(-c2ccc(F)cc2)co1. The molecule has 0 fully saturated rings. The van der Waals surface area contributed by atoms with Crippen LogP contribution in [0.1, 0.15) is 5.89 Å². The van der Waals surface area contributed by atoms with Crippen molar-refractivity contribution in [3.8, 4) is 11.3 Å². The Kier molecular flexibility index (Phi) is 2.78. The highest BCUT2D eigenvalue weighted by Gasteiger charge is 2.05. The highest BCUT2D eigenvalue weighted by atomic mass is 19.1. The standard InChI is InChI=1S/C11H11FN2O/c12-9-3-1-8(2-4-9)10-7-15-11(14-10)5-6-13/h1-4,7H,5-6,13H2. The van der Waals surface area contributed by atoms with Gasteiger partial charge in [0.25, 0.3) is 0 Å². The lowest BCUT2D eigenvalue weighted by molar-refractivity contribution is 0.496. The second kappa shape index (κ2) is 4.23. The van der Waals surface area contributed by atoms with E-state index in [2.05, 4.69) is 4.98 Å². The molecule has 15 heavy (non-hydrogen) atoms. The summed E-state index contributed by atoms with van der Waals surface area (Å²) in [5.74, 6) is 0.348. The second-order valence-electron chi connectivity index (χ2n) is 3.17. The molecule has 1 heterocycles. The number of oxazole rings is 1. The minimum atomic E-state index is -0.260. The molecule has 1 aromatic carbocycles. The third-order valence-electron chi connectivity index (χ3n) is 2.05. The van der Waals surface area contributed by atoms with E-state index in [0.717, 1.165) is 5.56 Å². The molecular weight excluding hydrogens is 195 g/mol. The van der Waals surface area contributed by atoms with Crippen LogP contribution >= 0.6 is 0 Å². The average Bonchev–Trinajstić information content (AvgIpc) is 2.68. The number of hydrogen-bond acceptors (Lipinski definition) is 3. The zero-order chi connectivity index (χ0) is 10.7. The molecule has 0 atom stereocenters. The Morgan fingerprint density at radius 2 is 2.00 bits per heavy atom. The zero-order valence-electron chi connectivity index (χ0n) is 8.11. The maximum atomic E-state index is 12.7. The number of aromatic nitrogens is 1. The van der Waals surface area contributed by atoms with Gasteiger partial charge in [-0.1, -0.05) is 0 Å². The fraction of sp³-hybridized carbons (Fsp3) is 0.182. The lowest BCUT2D eigenvalue weighted by Crippen LogP contribution is -2.02. The van der Waals surface area contributed by atoms with Gasteiger partial charge in [-0.25, -0.2) is 9.37 Å². The van der Waals surface area contributed by atoms with E-state index >= 15 is 0 Å². The van der Waals surface area contributed by atoms with Crippen LogP contribution in [0.3, 0.4) is 0 Å². The molecule has 0 aliphatic rings. The number of nitrogens with zero attached hydrogens (tertiary/aromatic N) is 1. The van der Waals surface area contributed by atoms with Crippen molar-refractivity contribution < 1.29 is 8.81 Å². The predicted molar refractivity (Wildman–Crippen MR) is 54.7 cm³/mol. The fourth-order valence-corrected chi connectivity index (χ4v) is 1.30. The molecule has 1 aromatic heterocycles. The molecule has 2 N–H and O–H groups in total. The van der Waals surface area contributed by atoms with Crippen LogP contribution in [0.15, 0.2) is 34.9 Å². The van der Waals surface area contributed by atoms with E-state index < -0.39 is 0 Å². The molecule has 0 aliphatic carbocycles. The summed E-state index contributed by atoms with van der Waals surface area (Å²) in [5.41, 5.74) is 6.92. The Balaban J connectivity index is 2.25. The van der Waals surface area contributed by atoms with Crippen LogP contribution in [0.5, 0.6) is 0 Å². The van der Waals surface area contributed by atoms with Gasteiger partial charge >= 0.3 is 0 Å². The molecule has 0 bridgehead atoms. The summed E-state index contributed by atoms with van der Waals surface area (Å²) in [5, 5.41) is 0. The van der Waals surface area contributed by atoms with Gasteiger partial charge in [0.15, 0.2) is 5.89 Å². The highest BCUT2D eigenvalue weighted by molar-refractivity contribution is 5.57.